The summed E-state index contributed by atoms with van der Waals surface area (Å²) in [5.74, 6) is -1.03. The van der Waals surface area contributed by atoms with E-state index in [0.717, 1.165) is 18.2 Å². The van der Waals surface area contributed by atoms with Gasteiger partial charge in [0.15, 0.2) is 5.60 Å². The molecule has 0 spiro atoms. The SMILES string of the molecule is CCOc1[nH]c(=O)ccc1-c1ccc(NC(=O)Nc2ccc(OC3(C)COC3)c(C(F)(F)F)c2)c(F)c1. The minimum atomic E-state index is -4.74. The Morgan fingerprint density at radius 2 is 1.86 bits per heavy atom. The van der Waals surface area contributed by atoms with E-state index in [0.29, 0.717) is 11.1 Å². The van der Waals surface area contributed by atoms with Gasteiger partial charge in [-0.1, -0.05) is 6.07 Å². The van der Waals surface area contributed by atoms with Gasteiger partial charge in [-0.05, 0) is 55.8 Å². The molecule has 0 aliphatic carbocycles. The highest BCUT2D eigenvalue weighted by molar-refractivity contribution is 6.00. The van der Waals surface area contributed by atoms with Crippen molar-refractivity contribution in [2.75, 3.05) is 30.5 Å². The van der Waals surface area contributed by atoms with Crippen LogP contribution in [-0.2, 0) is 10.9 Å². The van der Waals surface area contributed by atoms with E-state index in [9.17, 15) is 27.2 Å². The molecule has 0 unspecified atom stereocenters. The quantitative estimate of drug-likeness (QED) is 0.361. The topological polar surface area (TPSA) is 102 Å². The zero-order valence-corrected chi connectivity index (χ0v) is 19.8. The van der Waals surface area contributed by atoms with Crippen LogP contribution >= 0.6 is 0 Å². The van der Waals surface area contributed by atoms with E-state index in [1.165, 1.54) is 30.3 Å². The van der Waals surface area contributed by atoms with Crippen LogP contribution in [0.2, 0.25) is 0 Å². The molecule has 0 radical (unpaired) electrons. The Bertz CT molecular complexity index is 1370. The highest BCUT2D eigenvalue weighted by Gasteiger charge is 2.40. The largest absolute Gasteiger partial charge is 0.482 e. The van der Waals surface area contributed by atoms with Gasteiger partial charge in [-0.3, -0.25) is 9.78 Å². The Hall–Kier alpha value is -4.06. The Morgan fingerprint density at radius 3 is 2.49 bits per heavy atom. The van der Waals surface area contributed by atoms with Gasteiger partial charge in [0.05, 0.1) is 31.1 Å². The molecule has 37 heavy (non-hydrogen) atoms. The standard InChI is InChI=1S/C25H23F4N3O5/c1-3-36-22-16(6-9-21(33)32-22)14-4-7-19(18(26)10-14)31-23(34)30-15-5-8-20(17(11-15)25(27,28)29)37-24(2)12-35-13-24/h4-11H,3,12-13H2,1-2H3,(H,32,33)(H2,30,31,34). The van der Waals surface area contributed by atoms with Gasteiger partial charge < -0.3 is 24.8 Å². The summed E-state index contributed by atoms with van der Waals surface area (Å²) in [6, 6.07) is 8.79. The average molecular weight is 521 g/mol. The second-order valence-corrected chi connectivity index (χ2v) is 8.53. The zero-order chi connectivity index (χ0) is 26.8. The molecule has 1 fully saturated rings. The number of alkyl halides is 3. The third-order valence-electron chi connectivity index (χ3n) is 5.41. The van der Waals surface area contributed by atoms with Gasteiger partial charge in [0.2, 0.25) is 5.88 Å². The number of hydrogen-bond acceptors (Lipinski definition) is 5. The number of hydrogen-bond donors (Lipinski definition) is 3. The maximum Gasteiger partial charge on any atom is 0.420 e. The average Bonchev–Trinajstić information content (AvgIpc) is 2.80. The van der Waals surface area contributed by atoms with Crippen molar-refractivity contribution in [2.24, 2.45) is 0 Å². The predicted molar refractivity (Wildman–Crippen MR) is 128 cm³/mol. The third kappa shape index (κ3) is 6.02. The minimum Gasteiger partial charge on any atom is -0.482 e. The number of aromatic amines is 1. The molecule has 0 saturated carbocycles. The molecule has 3 aromatic rings. The van der Waals surface area contributed by atoms with Crippen molar-refractivity contribution < 1.29 is 36.6 Å². The molecule has 3 N–H and O–H groups in total. The van der Waals surface area contributed by atoms with Gasteiger partial charge in [0.1, 0.15) is 11.6 Å². The summed E-state index contributed by atoms with van der Waals surface area (Å²) in [5.41, 5.74) is -1.90. The predicted octanol–water partition coefficient (Wildman–Crippen LogP) is 5.41. The molecule has 1 aliphatic rings. The summed E-state index contributed by atoms with van der Waals surface area (Å²) < 4.78 is 71.5. The Labute approximate surface area is 208 Å². The Balaban J connectivity index is 1.50. The molecule has 4 rings (SSSR count). The Kier molecular flexibility index (Phi) is 7.12. The lowest BCUT2D eigenvalue weighted by Crippen LogP contribution is -2.51. The van der Waals surface area contributed by atoms with Gasteiger partial charge >= 0.3 is 12.2 Å². The maximum atomic E-state index is 14.8. The normalized spacial score (nSPS) is 14.4. The maximum absolute atomic E-state index is 14.8. The second-order valence-electron chi connectivity index (χ2n) is 8.53. The third-order valence-corrected chi connectivity index (χ3v) is 5.41. The summed E-state index contributed by atoms with van der Waals surface area (Å²) in [6.07, 6.45) is -4.74. The second kappa shape index (κ2) is 10.1. The number of aromatic nitrogens is 1. The number of amides is 2. The van der Waals surface area contributed by atoms with Crippen LogP contribution in [0.15, 0.2) is 53.3 Å². The number of anilines is 2. The fraction of sp³-hybridized carbons (Fsp3) is 0.280. The van der Waals surface area contributed by atoms with E-state index >= 15 is 0 Å². The summed E-state index contributed by atoms with van der Waals surface area (Å²) in [4.78, 5) is 26.5. The highest BCUT2D eigenvalue weighted by atomic mass is 19.4. The Morgan fingerprint density at radius 1 is 1.11 bits per heavy atom. The van der Waals surface area contributed by atoms with Crippen molar-refractivity contribution in [3.8, 4) is 22.8 Å². The fourth-order valence-corrected chi connectivity index (χ4v) is 3.64. The first-order valence-electron chi connectivity index (χ1n) is 11.2. The number of carbonyl (C=O) groups is 1. The van der Waals surface area contributed by atoms with Crippen LogP contribution in [0.5, 0.6) is 11.6 Å². The molecular weight excluding hydrogens is 498 g/mol. The number of pyridine rings is 1. The van der Waals surface area contributed by atoms with E-state index in [2.05, 4.69) is 15.6 Å². The number of carbonyl (C=O) groups excluding carboxylic acids is 1. The van der Waals surface area contributed by atoms with Crippen LogP contribution in [0.1, 0.15) is 19.4 Å². The van der Waals surface area contributed by atoms with E-state index in [1.54, 1.807) is 13.8 Å². The number of rotatable bonds is 7. The minimum absolute atomic E-state index is 0.159. The molecule has 2 amide bonds. The first-order chi connectivity index (χ1) is 17.5. The molecular formula is C25H23F4N3O5. The van der Waals surface area contributed by atoms with Crippen molar-refractivity contribution in [2.45, 2.75) is 25.6 Å². The number of H-pyrrole nitrogens is 1. The molecule has 0 bridgehead atoms. The summed E-state index contributed by atoms with van der Waals surface area (Å²) in [5, 5.41) is 4.54. The number of halogens is 4. The summed E-state index contributed by atoms with van der Waals surface area (Å²) >= 11 is 0. The lowest BCUT2D eigenvalue weighted by molar-refractivity contribution is -0.160. The van der Waals surface area contributed by atoms with Crippen LogP contribution in [0.4, 0.5) is 33.7 Å². The summed E-state index contributed by atoms with van der Waals surface area (Å²) in [7, 11) is 0. The highest BCUT2D eigenvalue weighted by Crippen LogP contribution is 2.40. The van der Waals surface area contributed by atoms with Crippen LogP contribution in [-0.4, -0.2) is 36.4 Å². The molecule has 2 aromatic carbocycles. The molecule has 2 heterocycles. The van der Waals surface area contributed by atoms with E-state index in [4.69, 9.17) is 14.2 Å². The van der Waals surface area contributed by atoms with Gasteiger partial charge in [0.25, 0.3) is 5.56 Å². The van der Waals surface area contributed by atoms with E-state index < -0.39 is 29.2 Å². The smallest absolute Gasteiger partial charge is 0.420 e. The first kappa shape index (κ1) is 26.0. The summed E-state index contributed by atoms with van der Waals surface area (Å²) in [6.45, 7) is 3.94. The monoisotopic (exact) mass is 521 g/mol. The van der Waals surface area contributed by atoms with Crippen molar-refractivity contribution in [1.29, 1.82) is 0 Å². The van der Waals surface area contributed by atoms with E-state index in [1.807, 2.05) is 0 Å². The fourth-order valence-electron chi connectivity index (χ4n) is 3.64. The van der Waals surface area contributed by atoms with Crippen LogP contribution in [0.3, 0.4) is 0 Å². The van der Waals surface area contributed by atoms with Crippen LogP contribution in [0.25, 0.3) is 11.1 Å². The van der Waals surface area contributed by atoms with Crippen molar-refractivity contribution >= 4 is 17.4 Å². The molecule has 0 atom stereocenters. The molecule has 1 aliphatic heterocycles. The van der Waals surface area contributed by atoms with Crippen molar-refractivity contribution in [3.63, 3.8) is 0 Å². The van der Waals surface area contributed by atoms with Gasteiger partial charge in [0, 0.05) is 17.3 Å². The first-order valence-corrected chi connectivity index (χ1v) is 11.2. The zero-order valence-electron chi connectivity index (χ0n) is 19.8. The van der Waals surface area contributed by atoms with Crippen molar-refractivity contribution in [1.82, 2.24) is 4.98 Å². The molecule has 12 heteroatoms. The molecule has 196 valence electrons. The molecule has 8 nitrogen and oxygen atoms in total. The number of ether oxygens (including phenoxy) is 3. The van der Waals surface area contributed by atoms with Gasteiger partial charge in [-0.15, -0.1) is 0 Å². The van der Waals surface area contributed by atoms with Gasteiger partial charge in [-0.25, -0.2) is 9.18 Å². The van der Waals surface area contributed by atoms with Crippen molar-refractivity contribution in [3.05, 3.63) is 70.3 Å². The lowest BCUT2D eigenvalue weighted by atomic mass is 10.0. The molecule has 1 saturated heterocycles. The van der Waals surface area contributed by atoms with Crippen LogP contribution < -0.4 is 25.7 Å². The number of urea groups is 1. The lowest BCUT2D eigenvalue weighted by Gasteiger charge is -2.38. The molecule has 1 aromatic heterocycles. The van der Waals surface area contributed by atoms with Crippen LogP contribution in [0, 0.1) is 5.82 Å². The van der Waals surface area contributed by atoms with E-state index in [-0.39, 0.29) is 48.4 Å². The van der Waals surface area contributed by atoms with Gasteiger partial charge in [-0.2, -0.15) is 13.2 Å². The number of nitrogens with one attached hydrogen (secondary N) is 3. The number of benzene rings is 2.